The van der Waals surface area contributed by atoms with Crippen molar-refractivity contribution in [1.29, 1.82) is 0 Å². The third-order valence-electron chi connectivity index (χ3n) is 5.39. The van der Waals surface area contributed by atoms with Gasteiger partial charge in [0.25, 0.3) is 0 Å². The summed E-state index contributed by atoms with van der Waals surface area (Å²) in [6, 6.07) is 0. The first-order valence-corrected chi connectivity index (χ1v) is 8.76. The van der Waals surface area contributed by atoms with Crippen molar-refractivity contribution < 1.29 is 14.3 Å². The topological polar surface area (TPSA) is 35.5 Å². The van der Waals surface area contributed by atoms with Crippen molar-refractivity contribution in [3.8, 4) is 0 Å². The van der Waals surface area contributed by atoms with E-state index in [1.807, 2.05) is 0 Å². The van der Waals surface area contributed by atoms with E-state index in [0.717, 1.165) is 12.8 Å². The van der Waals surface area contributed by atoms with Gasteiger partial charge in [0.15, 0.2) is 5.78 Å². The summed E-state index contributed by atoms with van der Waals surface area (Å²) >= 11 is 0. The van der Waals surface area contributed by atoms with E-state index in [1.165, 1.54) is 32.1 Å². The fourth-order valence-corrected chi connectivity index (χ4v) is 4.21. The average molecular weight is 292 g/mol. The molecule has 21 heavy (non-hydrogen) atoms. The summed E-state index contributed by atoms with van der Waals surface area (Å²) in [4.78, 5) is 12.5. The van der Waals surface area contributed by atoms with Crippen molar-refractivity contribution in [3.05, 3.63) is 12.2 Å². The molecule has 0 amide bonds. The summed E-state index contributed by atoms with van der Waals surface area (Å²) in [5, 5.41) is 0. The van der Waals surface area contributed by atoms with Crippen LogP contribution in [0.2, 0.25) is 0 Å². The third-order valence-corrected chi connectivity index (χ3v) is 5.39. The Balaban J connectivity index is 1.37. The SMILES string of the molecule is CCCCCCCCO[C@H]1OC[C@@H]2[C@H](C1=O)[C@@H]1C=C[C@H]2C1. The van der Waals surface area contributed by atoms with Crippen LogP contribution in [0.4, 0.5) is 0 Å². The normalized spacial score (nSPS) is 37.2. The molecule has 3 heteroatoms. The highest BCUT2D eigenvalue weighted by atomic mass is 16.7. The molecule has 1 saturated carbocycles. The molecule has 0 aromatic heterocycles. The lowest BCUT2D eigenvalue weighted by Crippen LogP contribution is -2.45. The van der Waals surface area contributed by atoms with Gasteiger partial charge in [0.2, 0.25) is 6.29 Å². The number of ether oxygens (including phenoxy) is 2. The van der Waals surface area contributed by atoms with E-state index in [1.54, 1.807) is 0 Å². The molecule has 2 fully saturated rings. The molecule has 0 N–H and O–H groups in total. The minimum atomic E-state index is -0.588. The molecule has 3 rings (SSSR count). The lowest BCUT2D eigenvalue weighted by atomic mass is 9.79. The van der Waals surface area contributed by atoms with E-state index < -0.39 is 6.29 Å². The first kappa shape index (κ1) is 15.2. The molecule has 5 atom stereocenters. The molecular weight excluding hydrogens is 264 g/mol. The monoisotopic (exact) mass is 292 g/mol. The maximum Gasteiger partial charge on any atom is 0.218 e. The quantitative estimate of drug-likeness (QED) is 0.505. The van der Waals surface area contributed by atoms with E-state index >= 15 is 0 Å². The number of hydrogen-bond donors (Lipinski definition) is 0. The Labute approximate surface area is 128 Å². The highest BCUT2D eigenvalue weighted by Gasteiger charge is 2.52. The molecule has 1 saturated heterocycles. The van der Waals surface area contributed by atoms with Gasteiger partial charge < -0.3 is 9.47 Å². The summed E-state index contributed by atoms with van der Waals surface area (Å²) in [5.74, 6) is 1.82. The van der Waals surface area contributed by atoms with E-state index in [9.17, 15) is 4.79 Å². The Kier molecular flexibility index (Phi) is 5.12. The summed E-state index contributed by atoms with van der Waals surface area (Å²) in [7, 11) is 0. The molecule has 0 unspecified atom stereocenters. The smallest absolute Gasteiger partial charge is 0.218 e. The molecule has 0 aromatic carbocycles. The number of unbranched alkanes of at least 4 members (excludes halogenated alkanes) is 5. The van der Waals surface area contributed by atoms with Crippen molar-refractivity contribution in [1.82, 2.24) is 0 Å². The van der Waals surface area contributed by atoms with Crippen LogP contribution in [0.5, 0.6) is 0 Å². The van der Waals surface area contributed by atoms with Crippen LogP contribution >= 0.6 is 0 Å². The van der Waals surface area contributed by atoms with Crippen LogP contribution in [0.15, 0.2) is 12.2 Å². The van der Waals surface area contributed by atoms with Crippen LogP contribution < -0.4 is 0 Å². The van der Waals surface area contributed by atoms with Crippen molar-refractivity contribution in [2.24, 2.45) is 23.7 Å². The van der Waals surface area contributed by atoms with Gasteiger partial charge in [0.1, 0.15) is 0 Å². The summed E-state index contributed by atoms with van der Waals surface area (Å²) < 4.78 is 11.4. The Morgan fingerprint density at radius 1 is 1.14 bits per heavy atom. The van der Waals surface area contributed by atoms with Crippen LogP contribution in [0, 0.1) is 23.7 Å². The minimum absolute atomic E-state index is 0.170. The Morgan fingerprint density at radius 3 is 2.76 bits per heavy atom. The molecule has 3 aliphatic rings. The first-order valence-electron chi connectivity index (χ1n) is 8.76. The second-order valence-corrected chi connectivity index (χ2v) is 6.84. The number of rotatable bonds is 8. The predicted molar refractivity (Wildman–Crippen MR) is 81.8 cm³/mol. The average Bonchev–Trinajstić information content (AvgIpc) is 3.10. The summed E-state index contributed by atoms with van der Waals surface area (Å²) in [6.45, 7) is 3.58. The van der Waals surface area contributed by atoms with Gasteiger partial charge >= 0.3 is 0 Å². The molecule has 1 aliphatic heterocycles. The maximum atomic E-state index is 12.5. The van der Waals surface area contributed by atoms with Crippen LogP contribution in [0.3, 0.4) is 0 Å². The first-order chi connectivity index (χ1) is 10.3. The number of hydrogen-bond acceptors (Lipinski definition) is 3. The maximum absolute atomic E-state index is 12.5. The van der Waals surface area contributed by atoms with Crippen LogP contribution in [0.25, 0.3) is 0 Å². The van der Waals surface area contributed by atoms with Crippen molar-refractivity contribution in [3.63, 3.8) is 0 Å². The molecule has 0 aromatic rings. The molecule has 2 bridgehead atoms. The van der Waals surface area contributed by atoms with E-state index in [2.05, 4.69) is 19.1 Å². The molecule has 118 valence electrons. The highest BCUT2D eigenvalue weighted by molar-refractivity contribution is 5.86. The third kappa shape index (κ3) is 3.24. The highest BCUT2D eigenvalue weighted by Crippen LogP contribution is 2.50. The van der Waals surface area contributed by atoms with Crippen molar-refractivity contribution in [2.75, 3.05) is 13.2 Å². The van der Waals surface area contributed by atoms with Gasteiger partial charge in [0, 0.05) is 5.92 Å². The van der Waals surface area contributed by atoms with Crippen molar-refractivity contribution >= 4 is 5.78 Å². The summed E-state index contributed by atoms with van der Waals surface area (Å²) in [5.41, 5.74) is 0. The van der Waals surface area contributed by atoms with Gasteiger partial charge in [0.05, 0.1) is 13.2 Å². The van der Waals surface area contributed by atoms with Crippen LogP contribution in [0.1, 0.15) is 51.9 Å². The minimum Gasteiger partial charge on any atom is -0.346 e. The van der Waals surface area contributed by atoms with E-state index in [4.69, 9.17) is 9.47 Å². The lowest BCUT2D eigenvalue weighted by Gasteiger charge is -2.35. The zero-order valence-electron chi connectivity index (χ0n) is 13.1. The van der Waals surface area contributed by atoms with E-state index in [0.29, 0.717) is 31.0 Å². The second-order valence-electron chi connectivity index (χ2n) is 6.84. The molecule has 0 spiro atoms. The zero-order valence-corrected chi connectivity index (χ0v) is 13.1. The van der Waals surface area contributed by atoms with E-state index in [-0.39, 0.29) is 11.7 Å². The van der Waals surface area contributed by atoms with Crippen LogP contribution in [-0.2, 0) is 14.3 Å². The number of carbonyl (C=O) groups is 1. The number of fused-ring (bicyclic) bond motifs is 5. The standard InChI is InChI=1S/C18H28O3/c1-2-3-4-5-6-7-10-20-18-17(19)16-14-9-8-13(11-14)15(16)12-21-18/h8-9,13-16,18H,2-7,10-12H2,1H3/t13-,14+,15-,16+,18-/m0/s1. The number of Topliss-reactive ketones (excluding diaryl/α,β-unsaturated/α-hetero) is 1. The van der Waals surface area contributed by atoms with Crippen LogP contribution in [-0.4, -0.2) is 25.3 Å². The van der Waals surface area contributed by atoms with Gasteiger partial charge in [-0.15, -0.1) is 0 Å². The molecule has 2 aliphatic carbocycles. The fourth-order valence-electron chi connectivity index (χ4n) is 4.21. The molecule has 0 radical (unpaired) electrons. The lowest BCUT2D eigenvalue weighted by molar-refractivity contribution is -0.195. The van der Waals surface area contributed by atoms with Gasteiger partial charge in [-0.1, -0.05) is 51.2 Å². The molecule has 1 heterocycles. The van der Waals surface area contributed by atoms with Gasteiger partial charge in [-0.05, 0) is 30.6 Å². The second kappa shape index (κ2) is 7.06. The van der Waals surface area contributed by atoms with Gasteiger partial charge in [-0.3, -0.25) is 4.79 Å². The molecule has 3 nitrogen and oxygen atoms in total. The molecular formula is C18H28O3. The van der Waals surface area contributed by atoms with Gasteiger partial charge in [-0.25, -0.2) is 0 Å². The number of ketones is 1. The largest absolute Gasteiger partial charge is 0.346 e. The zero-order chi connectivity index (χ0) is 14.7. The Hall–Kier alpha value is -0.670. The fraction of sp³-hybridized carbons (Fsp3) is 0.833. The van der Waals surface area contributed by atoms with Gasteiger partial charge in [-0.2, -0.15) is 0 Å². The summed E-state index contributed by atoms with van der Waals surface area (Å²) in [6.07, 6.45) is 12.5. The van der Waals surface area contributed by atoms with Crippen molar-refractivity contribution in [2.45, 2.75) is 58.2 Å². The number of allylic oxidation sites excluding steroid dienone is 2. The predicted octanol–water partition coefficient (Wildman–Crippen LogP) is 3.73. The Bertz CT molecular complexity index is 390. The Morgan fingerprint density at radius 2 is 1.90 bits per heavy atom. The number of carbonyl (C=O) groups excluding carboxylic acids is 1.